The number of benzene rings is 2. The molecule has 0 unspecified atom stereocenters. The van der Waals surface area contributed by atoms with Crippen molar-refractivity contribution in [3.8, 4) is 11.3 Å². The van der Waals surface area contributed by atoms with E-state index in [9.17, 15) is 9.59 Å². The van der Waals surface area contributed by atoms with Crippen molar-refractivity contribution in [2.75, 3.05) is 0 Å². The second-order valence-corrected chi connectivity index (χ2v) is 7.78. The van der Waals surface area contributed by atoms with Crippen molar-refractivity contribution >= 4 is 17.0 Å². The van der Waals surface area contributed by atoms with Crippen molar-refractivity contribution in [2.45, 2.75) is 40.3 Å². The molecule has 1 N–H and O–H groups in total. The highest BCUT2D eigenvalue weighted by Gasteiger charge is 2.17. The minimum absolute atomic E-state index is 0.128. The van der Waals surface area contributed by atoms with E-state index in [0.717, 1.165) is 27.8 Å². The van der Waals surface area contributed by atoms with Crippen LogP contribution in [-0.2, 0) is 17.9 Å². The molecular formula is C24H24N4O3. The van der Waals surface area contributed by atoms with E-state index < -0.39 is 0 Å². The summed E-state index contributed by atoms with van der Waals surface area (Å²) in [5.74, 6) is -0.128. The fourth-order valence-corrected chi connectivity index (χ4v) is 3.44. The summed E-state index contributed by atoms with van der Waals surface area (Å²) in [6, 6.07) is 13.8. The van der Waals surface area contributed by atoms with Crippen molar-refractivity contribution in [3.05, 3.63) is 81.4 Å². The number of hydrogen-bond donors (Lipinski definition) is 1. The predicted octanol–water partition coefficient (Wildman–Crippen LogP) is 3.68. The SMILES string of the molecule is Cc1ccc(-c2noc3ncn(CCC(=O)NCc4cc(C)ccc4C)c(=O)c23)cc1. The average Bonchev–Trinajstić information content (AvgIpc) is 3.19. The maximum atomic E-state index is 13.0. The number of rotatable bonds is 6. The van der Waals surface area contributed by atoms with Gasteiger partial charge >= 0.3 is 0 Å². The third kappa shape index (κ3) is 4.40. The number of aryl methyl sites for hydroxylation is 4. The maximum absolute atomic E-state index is 13.0. The van der Waals surface area contributed by atoms with E-state index in [1.807, 2.05) is 57.2 Å². The Hall–Kier alpha value is -3.74. The largest absolute Gasteiger partial charge is 0.352 e. The lowest BCUT2D eigenvalue weighted by atomic mass is 10.1. The highest BCUT2D eigenvalue weighted by atomic mass is 16.5. The molecule has 4 aromatic rings. The van der Waals surface area contributed by atoms with Gasteiger partial charge in [-0.05, 0) is 31.9 Å². The number of fused-ring (bicyclic) bond motifs is 1. The summed E-state index contributed by atoms with van der Waals surface area (Å²) in [7, 11) is 0. The molecule has 4 rings (SSSR count). The van der Waals surface area contributed by atoms with E-state index in [0.29, 0.717) is 17.6 Å². The van der Waals surface area contributed by atoms with Crippen LogP contribution in [0.4, 0.5) is 0 Å². The van der Waals surface area contributed by atoms with Crippen molar-refractivity contribution in [1.29, 1.82) is 0 Å². The zero-order chi connectivity index (χ0) is 22.0. The molecule has 1 amide bonds. The Morgan fingerprint density at radius 1 is 1.06 bits per heavy atom. The van der Waals surface area contributed by atoms with Gasteiger partial charge in [-0.1, -0.05) is 58.7 Å². The molecule has 0 atom stereocenters. The van der Waals surface area contributed by atoms with Crippen LogP contribution in [0.5, 0.6) is 0 Å². The normalized spacial score (nSPS) is 11.1. The van der Waals surface area contributed by atoms with Crippen LogP contribution in [0.15, 0.2) is 58.1 Å². The van der Waals surface area contributed by atoms with E-state index in [1.54, 1.807) is 0 Å². The van der Waals surface area contributed by atoms with E-state index >= 15 is 0 Å². The van der Waals surface area contributed by atoms with Gasteiger partial charge in [-0.15, -0.1) is 0 Å². The third-order valence-electron chi connectivity index (χ3n) is 5.35. The van der Waals surface area contributed by atoms with Gasteiger partial charge in [0.1, 0.15) is 17.4 Å². The molecule has 0 fully saturated rings. The van der Waals surface area contributed by atoms with Crippen LogP contribution in [0.25, 0.3) is 22.4 Å². The zero-order valence-corrected chi connectivity index (χ0v) is 17.8. The summed E-state index contributed by atoms with van der Waals surface area (Å²) in [6.45, 7) is 6.72. The van der Waals surface area contributed by atoms with E-state index in [4.69, 9.17) is 4.52 Å². The van der Waals surface area contributed by atoms with E-state index in [2.05, 4.69) is 21.5 Å². The summed E-state index contributed by atoms with van der Waals surface area (Å²) >= 11 is 0. The van der Waals surface area contributed by atoms with Crippen molar-refractivity contribution in [3.63, 3.8) is 0 Å². The molecule has 158 valence electrons. The molecule has 0 aliphatic heterocycles. The first kappa shape index (κ1) is 20.5. The Kier molecular flexibility index (Phi) is 5.66. The summed E-state index contributed by atoms with van der Waals surface area (Å²) < 4.78 is 6.68. The lowest BCUT2D eigenvalue weighted by Crippen LogP contribution is -2.27. The first-order chi connectivity index (χ1) is 14.9. The lowest BCUT2D eigenvalue weighted by molar-refractivity contribution is -0.121. The molecule has 7 nitrogen and oxygen atoms in total. The van der Waals surface area contributed by atoms with Crippen LogP contribution in [0.1, 0.15) is 28.7 Å². The van der Waals surface area contributed by atoms with Gasteiger partial charge in [0.2, 0.25) is 5.91 Å². The first-order valence-electron chi connectivity index (χ1n) is 10.2. The monoisotopic (exact) mass is 416 g/mol. The molecule has 31 heavy (non-hydrogen) atoms. The van der Waals surface area contributed by atoms with Gasteiger partial charge in [0.05, 0.1) is 0 Å². The summed E-state index contributed by atoms with van der Waals surface area (Å²) in [5.41, 5.74) is 5.64. The van der Waals surface area contributed by atoms with Gasteiger partial charge in [-0.25, -0.2) is 4.98 Å². The lowest BCUT2D eigenvalue weighted by Gasteiger charge is -2.10. The molecule has 0 spiro atoms. The number of carbonyl (C=O) groups is 1. The Bertz CT molecular complexity index is 1300. The third-order valence-corrected chi connectivity index (χ3v) is 5.35. The van der Waals surface area contributed by atoms with Gasteiger partial charge in [0.15, 0.2) is 0 Å². The highest BCUT2D eigenvalue weighted by Crippen LogP contribution is 2.24. The number of hydrogen-bond acceptors (Lipinski definition) is 5. The van der Waals surface area contributed by atoms with Gasteiger partial charge in [0.25, 0.3) is 11.3 Å². The standard InChI is InChI=1S/C24H24N4O3/c1-15-5-8-18(9-6-15)22-21-23(31-27-22)26-14-28(24(21)30)11-10-20(29)25-13-19-12-16(2)4-7-17(19)3/h4-9,12,14H,10-11,13H2,1-3H3,(H,25,29). The van der Waals surface area contributed by atoms with Crippen LogP contribution in [0.2, 0.25) is 0 Å². The quantitative estimate of drug-likeness (QED) is 0.518. The second kappa shape index (κ2) is 8.55. The molecule has 0 aliphatic rings. The first-order valence-corrected chi connectivity index (χ1v) is 10.2. The molecule has 7 heteroatoms. The topological polar surface area (TPSA) is 90.0 Å². The Labute approximate surface area is 179 Å². The molecule has 2 aromatic heterocycles. The number of aromatic nitrogens is 3. The molecule has 0 saturated carbocycles. The number of nitrogens with zero attached hydrogens (tertiary/aromatic N) is 3. The molecular weight excluding hydrogens is 392 g/mol. The fraction of sp³-hybridized carbons (Fsp3) is 0.250. The molecule has 2 aromatic carbocycles. The smallest absolute Gasteiger partial charge is 0.266 e. The summed E-state index contributed by atoms with van der Waals surface area (Å²) in [6.07, 6.45) is 1.57. The van der Waals surface area contributed by atoms with Crippen LogP contribution in [0, 0.1) is 20.8 Å². The van der Waals surface area contributed by atoms with Gasteiger partial charge in [-0.2, -0.15) is 0 Å². The molecule has 0 aliphatic carbocycles. The minimum Gasteiger partial charge on any atom is -0.352 e. The molecule has 0 radical (unpaired) electrons. The predicted molar refractivity (Wildman–Crippen MR) is 119 cm³/mol. The minimum atomic E-state index is -0.274. The summed E-state index contributed by atoms with van der Waals surface area (Å²) in [5, 5.41) is 7.29. The Balaban J connectivity index is 1.48. The van der Waals surface area contributed by atoms with E-state index in [-0.39, 0.29) is 30.1 Å². The van der Waals surface area contributed by atoms with E-state index in [1.165, 1.54) is 10.9 Å². The molecule has 0 bridgehead atoms. The zero-order valence-electron chi connectivity index (χ0n) is 17.8. The molecule has 2 heterocycles. The maximum Gasteiger partial charge on any atom is 0.266 e. The van der Waals surface area contributed by atoms with Crippen LogP contribution < -0.4 is 10.9 Å². The van der Waals surface area contributed by atoms with Crippen molar-refractivity contribution < 1.29 is 9.32 Å². The Morgan fingerprint density at radius 3 is 2.58 bits per heavy atom. The van der Waals surface area contributed by atoms with Gasteiger partial charge in [-0.3, -0.25) is 14.2 Å². The Morgan fingerprint density at radius 2 is 1.81 bits per heavy atom. The van der Waals surface area contributed by atoms with Crippen LogP contribution in [0.3, 0.4) is 0 Å². The number of nitrogens with one attached hydrogen (secondary N) is 1. The fourth-order valence-electron chi connectivity index (χ4n) is 3.44. The van der Waals surface area contributed by atoms with Crippen LogP contribution in [-0.4, -0.2) is 20.6 Å². The number of carbonyl (C=O) groups excluding carboxylic acids is 1. The van der Waals surface area contributed by atoms with Gasteiger partial charge < -0.3 is 9.84 Å². The highest BCUT2D eigenvalue weighted by molar-refractivity contribution is 5.88. The molecule has 0 saturated heterocycles. The summed E-state index contributed by atoms with van der Waals surface area (Å²) in [4.78, 5) is 29.6. The van der Waals surface area contributed by atoms with Crippen molar-refractivity contribution in [2.24, 2.45) is 0 Å². The van der Waals surface area contributed by atoms with Gasteiger partial charge in [0, 0.05) is 25.1 Å². The second-order valence-electron chi connectivity index (χ2n) is 7.78. The average molecular weight is 416 g/mol. The van der Waals surface area contributed by atoms with Crippen LogP contribution >= 0.6 is 0 Å². The van der Waals surface area contributed by atoms with Crippen molar-refractivity contribution in [1.82, 2.24) is 20.0 Å². The number of amides is 1.